The Morgan fingerprint density at radius 2 is 0.689 bits per heavy atom. The van der Waals surface area contributed by atoms with Gasteiger partial charge in [0.05, 0.1) is 16.8 Å². The molecule has 1 unspecified atom stereocenters. The Hall–Kier alpha value is -7.94. The molecule has 2 nitrogen and oxygen atoms in total. The zero-order chi connectivity index (χ0) is 40.3. The van der Waals surface area contributed by atoms with Crippen LogP contribution in [0.2, 0.25) is 0 Å². The smallest absolute Gasteiger partial charge is 0.0727 e. The van der Waals surface area contributed by atoms with E-state index in [4.69, 9.17) is 0 Å². The highest BCUT2D eigenvalue weighted by Crippen LogP contribution is 2.66. The Morgan fingerprint density at radius 1 is 0.262 bits per heavy atom. The zero-order valence-electron chi connectivity index (χ0n) is 33.5. The van der Waals surface area contributed by atoms with Gasteiger partial charge in [0, 0.05) is 33.7 Å². The standard InChI is InChI=1S/C59H40N2/c1-5-20-41(21-6-1)42-36-38-46(39-37-42)61(45-26-11-4-12-27-45)56-40-54-57(48-29-14-13-28-47(48)56)49-30-15-17-32-51(49)59(54)52-33-18-16-31-50(52)58-53(59)34-19-35-55(58)60(43-22-7-2-8-23-43)44-24-9-3-10-25-44/h1-40H. The van der Waals surface area contributed by atoms with Gasteiger partial charge in [-0.15, -0.1) is 0 Å². The highest BCUT2D eigenvalue weighted by molar-refractivity contribution is 6.12. The molecule has 0 saturated heterocycles. The van der Waals surface area contributed by atoms with Gasteiger partial charge in [-0.25, -0.2) is 0 Å². The summed E-state index contributed by atoms with van der Waals surface area (Å²) in [6, 6.07) is 89.0. The second kappa shape index (κ2) is 14.1. The summed E-state index contributed by atoms with van der Waals surface area (Å²) in [5.41, 5.74) is 19.0. The van der Waals surface area contributed by atoms with E-state index >= 15 is 0 Å². The molecule has 10 aromatic rings. The molecule has 2 aliphatic carbocycles. The molecule has 61 heavy (non-hydrogen) atoms. The number of anilines is 6. The quantitative estimate of drug-likeness (QED) is 0.159. The molecule has 2 aliphatic rings. The first kappa shape index (κ1) is 35.0. The fraction of sp³-hybridized carbons (Fsp3) is 0.0169. The molecule has 0 fully saturated rings. The van der Waals surface area contributed by atoms with Crippen LogP contribution in [0.5, 0.6) is 0 Å². The van der Waals surface area contributed by atoms with Crippen LogP contribution >= 0.6 is 0 Å². The first-order chi connectivity index (χ1) is 30.3. The van der Waals surface area contributed by atoms with Gasteiger partial charge in [-0.3, -0.25) is 0 Å². The van der Waals surface area contributed by atoms with Crippen LogP contribution in [0.1, 0.15) is 22.3 Å². The van der Waals surface area contributed by atoms with E-state index < -0.39 is 5.41 Å². The molecule has 0 N–H and O–H groups in total. The molecule has 286 valence electrons. The lowest BCUT2D eigenvalue weighted by molar-refractivity contribution is 0.794. The van der Waals surface area contributed by atoms with E-state index in [1.54, 1.807) is 0 Å². The molecule has 0 amide bonds. The predicted molar refractivity (Wildman–Crippen MR) is 255 cm³/mol. The van der Waals surface area contributed by atoms with Gasteiger partial charge in [0.1, 0.15) is 0 Å². The maximum absolute atomic E-state index is 2.53. The van der Waals surface area contributed by atoms with Crippen molar-refractivity contribution in [2.24, 2.45) is 0 Å². The second-order valence-electron chi connectivity index (χ2n) is 16.0. The van der Waals surface area contributed by atoms with Crippen LogP contribution in [-0.4, -0.2) is 0 Å². The number of hydrogen-bond donors (Lipinski definition) is 0. The van der Waals surface area contributed by atoms with Gasteiger partial charge in [-0.05, 0) is 116 Å². The fourth-order valence-electron chi connectivity index (χ4n) is 10.4. The third kappa shape index (κ3) is 5.29. The summed E-state index contributed by atoms with van der Waals surface area (Å²) < 4.78 is 0. The van der Waals surface area contributed by atoms with E-state index in [0.29, 0.717) is 0 Å². The number of benzene rings is 10. The minimum absolute atomic E-state index is 0.578. The van der Waals surface area contributed by atoms with Crippen molar-refractivity contribution < 1.29 is 0 Å². The summed E-state index contributed by atoms with van der Waals surface area (Å²) in [5, 5.41) is 2.46. The normalized spacial score (nSPS) is 14.3. The average molecular weight is 777 g/mol. The SMILES string of the molecule is c1ccc(-c2ccc(N(c3ccccc3)c3cc4c(c5ccccc35)-c3ccccc3C43c4ccccc4-c4c(N(c5ccccc5)c5ccccc5)cccc43)cc2)cc1. The fourth-order valence-corrected chi connectivity index (χ4v) is 10.4. The van der Waals surface area contributed by atoms with Gasteiger partial charge in [0.2, 0.25) is 0 Å². The maximum Gasteiger partial charge on any atom is 0.0727 e. The lowest BCUT2D eigenvalue weighted by Gasteiger charge is -2.33. The number of fused-ring (bicyclic) bond motifs is 12. The van der Waals surface area contributed by atoms with Crippen LogP contribution < -0.4 is 9.80 Å². The van der Waals surface area contributed by atoms with Gasteiger partial charge in [-0.2, -0.15) is 0 Å². The van der Waals surface area contributed by atoms with E-state index in [1.165, 1.54) is 66.4 Å². The first-order valence-corrected chi connectivity index (χ1v) is 21.1. The first-order valence-electron chi connectivity index (χ1n) is 21.1. The molecule has 1 atom stereocenters. The van der Waals surface area contributed by atoms with Crippen LogP contribution in [0.15, 0.2) is 243 Å². The van der Waals surface area contributed by atoms with Crippen LogP contribution in [0.3, 0.4) is 0 Å². The van der Waals surface area contributed by atoms with Crippen molar-refractivity contribution in [1.29, 1.82) is 0 Å². The molecule has 2 heteroatoms. The third-order valence-corrected chi connectivity index (χ3v) is 12.8. The van der Waals surface area contributed by atoms with E-state index in [2.05, 4.69) is 252 Å². The highest BCUT2D eigenvalue weighted by atomic mass is 15.2. The van der Waals surface area contributed by atoms with Crippen molar-refractivity contribution in [3.8, 4) is 33.4 Å². The van der Waals surface area contributed by atoms with E-state index in [1.807, 2.05) is 0 Å². The van der Waals surface area contributed by atoms with Crippen molar-refractivity contribution in [3.05, 3.63) is 265 Å². The summed E-state index contributed by atoms with van der Waals surface area (Å²) in [6.07, 6.45) is 0. The maximum atomic E-state index is 2.53. The van der Waals surface area contributed by atoms with Crippen LogP contribution in [0.4, 0.5) is 34.1 Å². The Balaban J connectivity index is 1.16. The van der Waals surface area contributed by atoms with Crippen molar-refractivity contribution >= 4 is 44.9 Å². The highest BCUT2D eigenvalue weighted by Gasteiger charge is 2.53. The van der Waals surface area contributed by atoms with Crippen molar-refractivity contribution in [2.75, 3.05) is 9.80 Å². The molecular weight excluding hydrogens is 737 g/mol. The largest absolute Gasteiger partial charge is 0.310 e. The second-order valence-corrected chi connectivity index (χ2v) is 16.0. The summed E-state index contributed by atoms with van der Waals surface area (Å²) >= 11 is 0. The Labute approximate surface area is 356 Å². The molecule has 0 heterocycles. The molecule has 12 rings (SSSR count). The number of nitrogens with zero attached hydrogens (tertiary/aromatic N) is 2. The monoisotopic (exact) mass is 776 g/mol. The Bertz CT molecular complexity index is 3190. The molecule has 0 aliphatic heterocycles. The number of rotatable bonds is 7. The van der Waals surface area contributed by atoms with Gasteiger partial charge >= 0.3 is 0 Å². The van der Waals surface area contributed by atoms with E-state index in [-0.39, 0.29) is 0 Å². The summed E-state index contributed by atoms with van der Waals surface area (Å²) in [7, 11) is 0. The molecule has 0 bridgehead atoms. The van der Waals surface area contributed by atoms with Crippen molar-refractivity contribution in [2.45, 2.75) is 5.41 Å². The van der Waals surface area contributed by atoms with Crippen LogP contribution in [-0.2, 0) is 5.41 Å². The lowest BCUT2D eigenvalue weighted by Crippen LogP contribution is -2.26. The van der Waals surface area contributed by atoms with Crippen molar-refractivity contribution in [3.63, 3.8) is 0 Å². The molecule has 0 radical (unpaired) electrons. The minimum Gasteiger partial charge on any atom is -0.310 e. The van der Waals surface area contributed by atoms with Gasteiger partial charge in [-0.1, -0.05) is 182 Å². The molecule has 10 aromatic carbocycles. The van der Waals surface area contributed by atoms with Crippen molar-refractivity contribution in [1.82, 2.24) is 0 Å². The minimum atomic E-state index is -0.578. The number of hydrogen-bond acceptors (Lipinski definition) is 2. The zero-order valence-corrected chi connectivity index (χ0v) is 33.5. The van der Waals surface area contributed by atoms with Gasteiger partial charge in [0.15, 0.2) is 0 Å². The Morgan fingerprint density at radius 3 is 1.28 bits per heavy atom. The lowest BCUT2D eigenvalue weighted by atomic mass is 9.70. The predicted octanol–water partition coefficient (Wildman–Crippen LogP) is 15.8. The van der Waals surface area contributed by atoms with Gasteiger partial charge < -0.3 is 9.80 Å². The summed E-state index contributed by atoms with van der Waals surface area (Å²) in [4.78, 5) is 4.89. The average Bonchev–Trinajstić information content (AvgIpc) is 3.81. The topological polar surface area (TPSA) is 6.48 Å². The van der Waals surface area contributed by atoms with E-state index in [9.17, 15) is 0 Å². The third-order valence-electron chi connectivity index (χ3n) is 12.8. The Kier molecular flexibility index (Phi) is 8.11. The molecule has 0 aromatic heterocycles. The van der Waals surface area contributed by atoms with E-state index in [0.717, 1.165) is 34.1 Å². The molecule has 1 spiro atoms. The van der Waals surface area contributed by atoms with Crippen LogP contribution in [0, 0.1) is 0 Å². The number of para-hydroxylation sites is 3. The summed E-state index contributed by atoms with van der Waals surface area (Å²) in [6.45, 7) is 0. The molecule has 0 saturated carbocycles. The van der Waals surface area contributed by atoms with Crippen LogP contribution in [0.25, 0.3) is 44.2 Å². The van der Waals surface area contributed by atoms with Gasteiger partial charge in [0.25, 0.3) is 0 Å². The molecular formula is C59H40N2. The summed E-state index contributed by atoms with van der Waals surface area (Å²) in [5.74, 6) is 0.